The van der Waals surface area contributed by atoms with E-state index in [2.05, 4.69) is 60.1 Å². The van der Waals surface area contributed by atoms with Gasteiger partial charge >= 0.3 is 0 Å². The molecule has 1 saturated carbocycles. The Hall–Kier alpha value is -0.510. The zero-order chi connectivity index (χ0) is 14.7. The number of nitrogens with zero attached hydrogens (tertiary/aromatic N) is 1. The first-order valence-corrected chi connectivity index (χ1v) is 9.27. The fourth-order valence-corrected chi connectivity index (χ4v) is 4.32. The van der Waals surface area contributed by atoms with Gasteiger partial charge in [0.15, 0.2) is 0 Å². The third-order valence-electron chi connectivity index (χ3n) is 4.42. The van der Waals surface area contributed by atoms with Gasteiger partial charge in [-0.05, 0) is 50.8 Å². The molecule has 0 radical (unpaired) electrons. The molecular weight excluding hydrogens is 276 g/mol. The van der Waals surface area contributed by atoms with E-state index in [4.69, 9.17) is 0 Å². The Morgan fingerprint density at radius 3 is 2.71 bits per heavy atom. The van der Waals surface area contributed by atoms with Gasteiger partial charge in [-0.15, -0.1) is 0 Å². The molecule has 21 heavy (non-hydrogen) atoms. The zero-order valence-electron chi connectivity index (χ0n) is 13.4. The van der Waals surface area contributed by atoms with E-state index in [0.29, 0.717) is 4.75 Å². The first-order chi connectivity index (χ1) is 10.1. The van der Waals surface area contributed by atoms with E-state index in [0.717, 1.165) is 19.1 Å². The summed E-state index contributed by atoms with van der Waals surface area (Å²) in [5.74, 6) is 1.26. The number of thioether (sulfide) groups is 1. The van der Waals surface area contributed by atoms with Crippen LogP contribution in [0.2, 0.25) is 0 Å². The second kappa shape index (κ2) is 6.72. The van der Waals surface area contributed by atoms with Gasteiger partial charge in [0.05, 0.1) is 0 Å². The summed E-state index contributed by atoms with van der Waals surface area (Å²) in [6.45, 7) is 9.41. The fraction of sp³-hybridized carbons (Fsp3) is 0.667. The zero-order valence-corrected chi connectivity index (χ0v) is 14.2. The standard InChI is InChI=1S/C18H28N2S/c1-18(2)14-20(11-12-21-18)13-16-6-4-3-5-15(16)9-10-19-17-7-8-17/h3-6,17,19H,7-14H2,1-2H3. The lowest BCUT2D eigenvalue weighted by Crippen LogP contribution is -2.42. The summed E-state index contributed by atoms with van der Waals surface area (Å²) in [5, 5.41) is 3.63. The average molecular weight is 305 g/mol. The number of hydrogen-bond acceptors (Lipinski definition) is 3. The topological polar surface area (TPSA) is 15.3 Å². The van der Waals surface area contributed by atoms with Gasteiger partial charge in [0.1, 0.15) is 0 Å². The van der Waals surface area contributed by atoms with Crippen LogP contribution < -0.4 is 5.32 Å². The minimum absolute atomic E-state index is 0.403. The van der Waals surface area contributed by atoms with Gasteiger partial charge in [0.2, 0.25) is 0 Å². The smallest absolute Gasteiger partial charge is 0.0237 e. The molecule has 0 aromatic heterocycles. The van der Waals surface area contributed by atoms with Gasteiger partial charge in [0.25, 0.3) is 0 Å². The Balaban J connectivity index is 1.58. The monoisotopic (exact) mass is 304 g/mol. The van der Waals surface area contributed by atoms with E-state index in [1.54, 1.807) is 0 Å². The van der Waals surface area contributed by atoms with Crippen molar-refractivity contribution in [3.8, 4) is 0 Å². The van der Waals surface area contributed by atoms with E-state index in [-0.39, 0.29) is 0 Å². The largest absolute Gasteiger partial charge is 0.314 e. The van der Waals surface area contributed by atoms with Crippen LogP contribution in [0.25, 0.3) is 0 Å². The Bertz CT molecular complexity index is 468. The molecule has 0 spiro atoms. The lowest BCUT2D eigenvalue weighted by molar-refractivity contribution is 0.252. The lowest BCUT2D eigenvalue weighted by Gasteiger charge is -2.37. The van der Waals surface area contributed by atoms with Gasteiger partial charge < -0.3 is 5.32 Å². The fourth-order valence-electron chi connectivity index (χ4n) is 3.14. The molecule has 1 aliphatic heterocycles. The van der Waals surface area contributed by atoms with Crippen LogP contribution in [0.5, 0.6) is 0 Å². The molecule has 1 saturated heterocycles. The van der Waals surface area contributed by atoms with E-state index < -0.39 is 0 Å². The molecule has 3 rings (SSSR count). The molecule has 0 atom stereocenters. The van der Waals surface area contributed by atoms with Crippen LogP contribution in [0.15, 0.2) is 24.3 Å². The van der Waals surface area contributed by atoms with Crippen molar-refractivity contribution in [2.24, 2.45) is 0 Å². The SMILES string of the molecule is CC1(C)CN(Cc2ccccc2CCNC2CC2)CCS1. The van der Waals surface area contributed by atoms with Gasteiger partial charge in [-0.25, -0.2) is 0 Å². The highest BCUT2D eigenvalue weighted by Crippen LogP contribution is 2.30. The van der Waals surface area contributed by atoms with Crippen LogP contribution in [0.3, 0.4) is 0 Å². The summed E-state index contributed by atoms with van der Waals surface area (Å²) in [4.78, 5) is 2.63. The number of hydrogen-bond donors (Lipinski definition) is 1. The second-order valence-electron chi connectivity index (χ2n) is 7.07. The molecule has 2 fully saturated rings. The maximum absolute atomic E-state index is 3.63. The number of rotatable bonds is 6. The summed E-state index contributed by atoms with van der Waals surface area (Å²) < 4.78 is 0.403. The minimum Gasteiger partial charge on any atom is -0.314 e. The van der Waals surface area contributed by atoms with E-state index >= 15 is 0 Å². The molecule has 1 aliphatic carbocycles. The third-order valence-corrected chi connectivity index (χ3v) is 5.72. The quantitative estimate of drug-likeness (QED) is 0.868. The predicted molar refractivity (Wildman–Crippen MR) is 93.0 cm³/mol. The maximum Gasteiger partial charge on any atom is 0.0237 e. The number of benzene rings is 1. The van der Waals surface area contributed by atoms with Crippen LogP contribution in [0.1, 0.15) is 37.8 Å². The average Bonchev–Trinajstić information content (AvgIpc) is 3.24. The summed E-state index contributed by atoms with van der Waals surface area (Å²) in [6.07, 6.45) is 3.92. The van der Waals surface area contributed by atoms with Gasteiger partial charge in [-0.2, -0.15) is 11.8 Å². The van der Waals surface area contributed by atoms with Crippen molar-refractivity contribution in [1.29, 1.82) is 0 Å². The summed E-state index contributed by atoms with van der Waals surface area (Å²) >= 11 is 2.11. The summed E-state index contributed by atoms with van der Waals surface area (Å²) in [7, 11) is 0. The highest BCUT2D eigenvalue weighted by molar-refractivity contribution is 8.00. The molecule has 0 unspecified atom stereocenters. The van der Waals surface area contributed by atoms with Crippen LogP contribution in [0, 0.1) is 0 Å². The molecule has 1 heterocycles. The number of nitrogens with one attached hydrogen (secondary N) is 1. The Labute approximate surface area is 133 Å². The molecule has 1 N–H and O–H groups in total. The van der Waals surface area contributed by atoms with Crippen molar-refractivity contribution in [1.82, 2.24) is 10.2 Å². The van der Waals surface area contributed by atoms with Crippen LogP contribution in [0.4, 0.5) is 0 Å². The molecule has 2 aliphatic rings. The third kappa shape index (κ3) is 4.73. The molecule has 0 bridgehead atoms. The first-order valence-electron chi connectivity index (χ1n) is 8.29. The molecule has 2 nitrogen and oxygen atoms in total. The predicted octanol–water partition coefficient (Wildman–Crippen LogP) is 3.31. The van der Waals surface area contributed by atoms with E-state index in [9.17, 15) is 0 Å². The Morgan fingerprint density at radius 2 is 2.00 bits per heavy atom. The van der Waals surface area contributed by atoms with Crippen LogP contribution in [-0.2, 0) is 13.0 Å². The van der Waals surface area contributed by atoms with Crippen LogP contribution in [-0.4, -0.2) is 41.1 Å². The Morgan fingerprint density at radius 1 is 1.24 bits per heavy atom. The van der Waals surface area contributed by atoms with Crippen molar-refractivity contribution in [3.05, 3.63) is 35.4 Å². The van der Waals surface area contributed by atoms with E-state index in [1.807, 2.05) is 0 Å². The van der Waals surface area contributed by atoms with Gasteiger partial charge in [-0.3, -0.25) is 4.90 Å². The van der Waals surface area contributed by atoms with Crippen molar-refractivity contribution in [2.45, 2.75) is 50.4 Å². The molecule has 3 heteroatoms. The highest BCUT2D eigenvalue weighted by atomic mass is 32.2. The van der Waals surface area contributed by atoms with Crippen molar-refractivity contribution < 1.29 is 0 Å². The van der Waals surface area contributed by atoms with Gasteiger partial charge in [-0.1, -0.05) is 24.3 Å². The van der Waals surface area contributed by atoms with Crippen LogP contribution >= 0.6 is 11.8 Å². The second-order valence-corrected chi connectivity index (χ2v) is 8.87. The molecule has 1 aromatic carbocycles. The first kappa shape index (κ1) is 15.4. The molecule has 1 aromatic rings. The van der Waals surface area contributed by atoms with Crippen molar-refractivity contribution >= 4 is 11.8 Å². The minimum atomic E-state index is 0.403. The molecular formula is C18H28N2S. The maximum atomic E-state index is 3.63. The normalized spacial score (nSPS) is 22.4. The van der Waals surface area contributed by atoms with Crippen molar-refractivity contribution in [2.75, 3.05) is 25.4 Å². The molecule has 116 valence electrons. The van der Waals surface area contributed by atoms with Gasteiger partial charge in [0, 0.05) is 36.2 Å². The summed E-state index contributed by atoms with van der Waals surface area (Å²) in [6, 6.07) is 9.83. The summed E-state index contributed by atoms with van der Waals surface area (Å²) in [5.41, 5.74) is 3.06. The van der Waals surface area contributed by atoms with E-state index in [1.165, 1.54) is 49.2 Å². The lowest BCUT2D eigenvalue weighted by atomic mass is 10.0. The Kier molecular flexibility index (Phi) is 4.92. The highest BCUT2D eigenvalue weighted by Gasteiger charge is 2.27. The molecule has 0 amide bonds. The van der Waals surface area contributed by atoms with Crippen molar-refractivity contribution in [3.63, 3.8) is 0 Å².